The molecule has 3 rings (SSSR count). The summed E-state index contributed by atoms with van der Waals surface area (Å²) in [5.41, 5.74) is 3.76. The third-order valence-electron chi connectivity index (χ3n) is 4.54. The second-order valence-corrected chi connectivity index (χ2v) is 6.25. The minimum Gasteiger partial charge on any atom is -0.497 e. The lowest BCUT2D eigenvalue weighted by Crippen LogP contribution is -2.64. The first-order chi connectivity index (χ1) is 13.5. The number of carbonyl (C=O) groups excluding carboxylic acids is 2. The Labute approximate surface area is 163 Å². The molecule has 1 aromatic carbocycles. The number of rotatable bonds is 7. The zero-order valence-corrected chi connectivity index (χ0v) is 16.1. The van der Waals surface area contributed by atoms with Gasteiger partial charge in [0.25, 0.3) is 5.91 Å². The second-order valence-electron chi connectivity index (χ2n) is 6.25. The fraction of sp³-hybridized carbons (Fsp3) is 0.444. The number of imide groups is 1. The number of hydrogen-bond donors (Lipinski definition) is 2. The van der Waals surface area contributed by atoms with Gasteiger partial charge in [-0.2, -0.15) is 5.10 Å². The summed E-state index contributed by atoms with van der Waals surface area (Å²) in [4.78, 5) is 31.9. The van der Waals surface area contributed by atoms with Crippen LogP contribution in [0.15, 0.2) is 34.4 Å². The molecular formula is C18H24N6O4. The number of likely N-dealkylation sites (N-methyl/N-ethyl adjacent to an activating group) is 1. The Morgan fingerprint density at radius 3 is 2.75 bits per heavy atom. The number of ether oxygens (including phenoxy) is 2. The molecule has 0 spiro atoms. The lowest BCUT2D eigenvalue weighted by Gasteiger charge is -2.35. The van der Waals surface area contributed by atoms with Gasteiger partial charge in [-0.25, -0.2) is 15.2 Å². The van der Waals surface area contributed by atoms with E-state index < -0.39 is 18.2 Å². The maximum Gasteiger partial charge on any atom is 0.325 e. The monoisotopic (exact) mass is 388 g/mol. The molecule has 0 aromatic heterocycles. The molecule has 0 saturated carbocycles. The molecule has 28 heavy (non-hydrogen) atoms. The minimum absolute atomic E-state index is 0.385. The van der Waals surface area contributed by atoms with Crippen LogP contribution in [-0.4, -0.2) is 80.0 Å². The molecule has 0 radical (unpaired) electrons. The molecular weight excluding hydrogens is 364 g/mol. The van der Waals surface area contributed by atoms with Crippen molar-refractivity contribution in [2.45, 2.75) is 19.1 Å². The van der Waals surface area contributed by atoms with E-state index in [0.717, 1.165) is 11.3 Å². The van der Waals surface area contributed by atoms with Crippen LogP contribution in [0.4, 0.5) is 4.79 Å². The molecule has 2 unspecified atom stereocenters. The molecule has 2 heterocycles. The van der Waals surface area contributed by atoms with Crippen LogP contribution in [0, 0.1) is 0 Å². The summed E-state index contributed by atoms with van der Waals surface area (Å²) in [6, 6.07) is 6.31. The summed E-state index contributed by atoms with van der Waals surface area (Å²) in [6.07, 6.45) is 1.03. The van der Waals surface area contributed by atoms with E-state index in [2.05, 4.69) is 20.8 Å². The van der Waals surface area contributed by atoms with Crippen LogP contribution in [0.2, 0.25) is 0 Å². The Kier molecular flexibility index (Phi) is 6.09. The van der Waals surface area contributed by atoms with Gasteiger partial charge >= 0.3 is 6.03 Å². The number of aliphatic imine (C=N–C) groups is 1. The molecule has 150 valence electrons. The molecule has 10 heteroatoms. The van der Waals surface area contributed by atoms with Gasteiger partial charge in [0.05, 0.1) is 19.9 Å². The van der Waals surface area contributed by atoms with Crippen molar-refractivity contribution < 1.29 is 19.1 Å². The van der Waals surface area contributed by atoms with Crippen LogP contribution in [0.3, 0.4) is 0 Å². The Bertz CT molecular complexity index is 779. The number of urea groups is 1. The van der Waals surface area contributed by atoms with Crippen LogP contribution >= 0.6 is 0 Å². The molecule has 2 aliphatic rings. The number of fused-ring (bicyclic) bond motifs is 1. The maximum atomic E-state index is 12.4. The summed E-state index contributed by atoms with van der Waals surface area (Å²) in [6.45, 7) is 3.34. The molecule has 0 bridgehead atoms. The molecule has 1 aromatic rings. The molecule has 1 saturated heterocycles. The van der Waals surface area contributed by atoms with E-state index in [9.17, 15) is 9.59 Å². The SMILES string of the molecule is CCOCCN1C(N/N=C/c2ccc(OC)cc2)=NC2C1C(=O)NC(=O)N2C. The predicted molar refractivity (Wildman–Crippen MR) is 103 cm³/mol. The van der Waals surface area contributed by atoms with E-state index in [0.29, 0.717) is 25.7 Å². The summed E-state index contributed by atoms with van der Waals surface area (Å²) >= 11 is 0. The third-order valence-corrected chi connectivity index (χ3v) is 4.54. The van der Waals surface area contributed by atoms with Gasteiger partial charge in [0.15, 0.2) is 12.2 Å². The first-order valence-electron chi connectivity index (χ1n) is 8.98. The highest BCUT2D eigenvalue weighted by molar-refractivity contribution is 6.03. The van der Waals surface area contributed by atoms with E-state index in [4.69, 9.17) is 9.47 Å². The van der Waals surface area contributed by atoms with Crippen LogP contribution in [-0.2, 0) is 9.53 Å². The summed E-state index contributed by atoms with van der Waals surface area (Å²) < 4.78 is 10.5. The van der Waals surface area contributed by atoms with Crippen molar-refractivity contribution in [2.24, 2.45) is 10.1 Å². The first kappa shape index (κ1) is 19.6. The van der Waals surface area contributed by atoms with E-state index in [-0.39, 0.29) is 5.91 Å². The average molecular weight is 388 g/mol. The number of hydrogen-bond acceptors (Lipinski definition) is 8. The van der Waals surface area contributed by atoms with E-state index in [1.807, 2.05) is 31.2 Å². The van der Waals surface area contributed by atoms with Crippen molar-refractivity contribution in [3.8, 4) is 5.75 Å². The molecule has 2 N–H and O–H groups in total. The topological polar surface area (TPSA) is 108 Å². The summed E-state index contributed by atoms with van der Waals surface area (Å²) in [5.74, 6) is 0.788. The highest BCUT2D eigenvalue weighted by Gasteiger charge is 2.48. The molecule has 10 nitrogen and oxygen atoms in total. The Morgan fingerprint density at radius 1 is 1.32 bits per heavy atom. The van der Waals surface area contributed by atoms with Gasteiger partial charge in [-0.3, -0.25) is 10.1 Å². The van der Waals surface area contributed by atoms with Crippen LogP contribution in [0.5, 0.6) is 5.75 Å². The summed E-state index contributed by atoms with van der Waals surface area (Å²) in [5, 5.41) is 6.57. The molecule has 2 aliphatic heterocycles. The standard InChI is InChI=1S/C18H24N6O4/c1-4-28-10-9-24-14-15(23(2)18(26)21-16(14)25)20-17(24)22-19-11-12-5-7-13(27-3)8-6-12/h5-8,11,14-15H,4,9-10H2,1-3H3,(H,20,22)(H,21,25,26)/b19-11+. The number of methoxy groups -OCH3 is 1. The number of amides is 3. The van der Waals surface area contributed by atoms with Crippen molar-refractivity contribution in [1.29, 1.82) is 0 Å². The number of carbonyl (C=O) groups is 2. The molecule has 3 amide bonds. The van der Waals surface area contributed by atoms with Crippen LogP contribution < -0.4 is 15.5 Å². The fourth-order valence-corrected chi connectivity index (χ4v) is 3.03. The van der Waals surface area contributed by atoms with Gasteiger partial charge in [0.2, 0.25) is 5.96 Å². The zero-order valence-electron chi connectivity index (χ0n) is 16.1. The highest BCUT2D eigenvalue weighted by atomic mass is 16.5. The lowest BCUT2D eigenvalue weighted by atomic mass is 10.1. The van der Waals surface area contributed by atoms with Gasteiger partial charge in [-0.05, 0) is 36.8 Å². The molecule has 1 fully saturated rings. The van der Waals surface area contributed by atoms with Crippen LogP contribution in [0.25, 0.3) is 0 Å². The Hall–Kier alpha value is -3.14. The van der Waals surface area contributed by atoms with Crippen molar-refractivity contribution in [3.63, 3.8) is 0 Å². The maximum absolute atomic E-state index is 12.4. The van der Waals surface area contributed by atoms with E-state index in [1.165, 1.54) is 4.90 Å². The smallest absolute Gasteiger partial charge is 0.325 e. The fourth-order valence-electron chi connectivity index (χ4n) is 3.03. The minimum atomic E-state index is -0.623. The van der Waals surface area contributed by atoms with E-state index in [1.54, 1.807) is 25.3 Å². The van der Waals surface area contributed by atoms with Gasteiger partial charge in [-0.1, -0.05) is 0 Å². The van der Waals surface area contributed by atoms with E-state index >= 15 is 0 Å². The van der Waals surface area contributed by atoms with Crippen LogP contribution in [0.1, 0.15) is 12.5 Å². The highest BCUT2D eigenvalue weighted by Crippen LogP contribution is 2.23. The number of hydrazone groups is 1. The quantitative estimate of drug-likeness (QED) is 0.393. The number of guanidine groups is 1. The van der Waals surface area contributed by atoms with Gasteiger partial charge in [0, 0.05) is 20.2 Å². The third kappa shape index (κ3) is 4.06. The molecule has 2 atom stereocenters. The first-order valence-corrected chi connectivity index (χ1v) is 8.98. The number of nitrogens with one attached hydrogen (secondary N) is 2. The van der Waals surface area contributed by atoms with Crippen molar-refractivity contribution >= 4 is 24.1 Å². The predicted octanol–water partition coefficient (Wildman–Crippen LogP) is 0.203. The van der Waals surface area contributed by atoms with Gasteiger partial charge in [0.1, 0.15) is 5.75 Å². The zero-order chi connectivity index (χ0) is 20.1. The Balaban J connectivity index is 1.74. The lowest BCUT2D eigenvalue weighted by molar-refractivity contribution is -0.127. The van der Waals surface area contributed by atoms with Crippen molar-refractivity contribution in [1.82, 2.24) is 20.5 Å². The normalized spacial score (nSPS) is 21.6. The van der Waals surface area contributed by atoms with Crippen molar-refractivity contribution in [2.75, 3.05) is 33.9 Å². The Morgan fingerprint density at radius 2 is 2.07 bits per heavy atom. The number of nitrogens with zero attached hydrogens (tertiary/aromatic N) is 4. The number of benzene rings is 1. The largest absolute Gasteiger partial charge is 0.497 e. The van der Waals surface area contributed by atoms with Gasteiger partial charge < -0.3 is 19.3 Å². The van der Waals surface area contributed by atoms with Gasteiger partial charge in [-0.15, -0.1) is 0 Å². The molecule has 0 aliphatic carbocycles. The second kappa shape index (κ2) is 8.70. The summed E-state index contributed by atoms with van der Waals surface area (Å²) in [7, 11) is 3.21. The average Bonchev–Trinajstić information content (AvgIpc) is 3.06. The van der Waals surface area contributed by atoms with Crippen molar-refractivity contribution in [3.05, 3.63) is 29.8 Å².